The molecule has 0 aliphatic heterocycles. The maximum Gasteiger partial charge on any atom is 0.300 e. The molecule has 2 rings (SSSR count). The number of hydrazine groups is 1. The summed E-state index contributed by atoms with van der Waals surface area (Å²) in [5, 5.41) is 1.06. The molecule has 0 spiro atoms. The number of amides is 1. The van der Waals surface area contributed by atoms with Crippen molar-refractivity contribution < 1.29 is 9.21 Å². The minimum Gasteiger partial charge on any atom is -0.451 e. The van der Waals surface area contributed by atoms with Gasteiger partial charge in [-0.3, -0.25) is 10.2 Å². The van der Waals surface area contributed by atoms with Crippen molar-refractivity contribution in [3.05, 3.63) is 45.1 Å². The first-order chi connectivity index (χ1) is 8.52. The Bertz CT molecular complexity index is 610. The Morgan fingerprint density at radius 3 is 2.44 bits per heavy atom. The number of carbonyl (C=O) groups excluding carboxylic acids is 1. The van der Waals surface area contributed by atoms with Crippen molar-refractivity contribution >= 4 is 40.7 Å². The molecule has 1 aromatic heterocycles. The summed E-state index contributed by atoms with van der Waals surface area (Å²) in [4.78, 5) is 11.3. The number of carbonyl (C=O) groups is 1. The molecule has 0 fully saturated rings. The Labute approximate surface area is 118 Å². The van der Waals surface area contributed by atoms with Gasteiger partial charge in [-0.25, -0.2) is 5.84 Å². The highest BCUT2D eigenvalue weighted by Crippen LogP contribution is 2.35. The van der Waals surface area contributed by atoms with Crippen LogP contribution >= 0.6 is 34.8 Å². The van der Waals surface area contributed by atoms with Crippen LogP contribution in [0.4, 0.5) is 0 Å². The maximum absolute atomic E-state index is 11.3. The van der Waals surface area contributed by atoms with Gasteiger partial charge in [-0.05, 0) is 24.3 Å². The largest absolute Gasteiger partial charge is 0.451 e. The Hall–Kier alpha value is -1.20. The molecule has 0 aliphatic carbocycles. The summed E-state index contributed by atoms with van der Waals surface area (Å²) >= 11 is 17.8. The average molecular weight is 306 g/mol. The van der Waals surface area contributed by atoms with E-state index in [1.807, 2.05) is 5.43 Å². The molecule has 7 heteroatoms. The Morgan fingerprint density at radius 2 is 1.78 bits per heavy atom. The van der Waals surface area contributed by atoms with Crippen LogP contribution in [0.25, 0.3) is 11.3 Å². The minimum atomic E-state index is -0.530. The van der Waals surface area contributed by atoms with Crippen LogP contribution < -0.4 is 11.3 Å². The van der Waals surface area contributed by atoms with Crippen molar-refractivity contribution in [1.82, 2.24) is 5.43 Å². The first kappa shape index (κ1) is 13.2. The number of furan rings is 1. The smallest absolute Gasteiger partial charge is 0.300 e. The number of halogens is 3. The third-order valence-corrected chi connectivity index (χ3v) is 3.27. The first-order valence-corrected chi connectivity index (χ1v) is 5.92. The second-order valence-electron chi connectivity index (χ2n) is 3.38. The van der Waals surface area contributed by atoms with E-state index in [-0.39, 0.29) is 5.76 Å². The molecule has 0 aliphatic rings. The van der Waals surface area contributed by atoms with Gasteiger partial charge in [-0.15, -0.1) is 0 Å². The van der Waals surface area contributed by atoms with Crippen LogP contribution in [0.5, 0.6) is 0 Å². The molecule has 0 atom stereocenters. The molecule has 1 heterocycles. The van der Waals surface area contributed by atoms with Gasteiger partial charge in [-0.2, -0.15) is 0 Å². The van der Waals surface area contributed by atoms with Crippen molar-refractivity contribution in [2.45, 2.75) is 0 Å². The lowest BCUT2D eigenvalue weighted by Gasteiger charge is -2.03. The van der Waals surface area contributed by atoms with E-state index in [1.54, 1.807) is 12.1 Å². The Morgan fingerprint density at radius 1 is 1.11 bits per heavy atom. The number of benzene rings is 1. The summed E-state index contributed by atoms with van der Waals surface area (Å²) in [7, 11) is 0. The maximum atomic E-state index is 11.3. The summed E-state index contributed by atoms with van der Waals surface area (Å²) in [5.41, 5.74) is 2.51. The van der Waals surface area contributed by atoms with E-state index in [9.17, 15) is 4.79 Å². The van der Waals surface area contributed by atoms with E-state index in [0.29, 0.717) is 26.4 Å². The lowest BCUT2D eigenvalue weighted by molar-refractivity contribution is 0.0927. The van der Waals surface area contributed by atoms with Gasteiger partial charge < -0.3 is 4.42 Å². The summed E-state index contributed by atoms with van der Waals surface area (Å²) in [6.07, 6.45) is 0. The van der Waals surface area contributed by atoms with Crippen LogP contribution in [0, 0.1) is 0 Å². The van der Waals surface area contributed by atoms with Crippen molar-refractivity contribution in [1.29, 1.82) is 0 Å². The van der Waals surface area contributed by atoms with Gasteiger partial charge in [0.15, 0.2) is 5.76 Å². The zero-order valence-corrected chi connectivity index (χ0v) is 11.1. The fourth-order valence-electron chi connectivity index (χ4n) is 1.39. The van der Waals surface area contributed by atoms with E-state index in [2.05, 4.69) is 0 Å². The van der Waals surface area contributed by atoms with Crippen molar-refractivity contribution in [3.8, 4) is 11.3 Å². The van der Waals surface area contributed by atoms with Gasteiger partial charge in [0.1, 0.15) is 5.76 Å². The third kappa shape index (κ3) is 2.47. The van der Waals surface area contributed by atoms with E-state index >= 15 is 0 Å². The van der Waals surface area contributed by atoms with Gasteiger partial charge in [-0.1, -0.05) is 34.8 Å². The van der Waals surface area contributed by atoms with Crippen LogP contribution in [0.3, 0.4) is 0 Å². The standard InChI is InChI=1S/C11H7Cl3N2O2/c12-6-4-8(14)7(13)3-5(6)9-1-2-10(18-9)11(17)16-15/h1-4H,15H2,(H,16,17). The van der Waals surface area contributed by atoms with Crippen LogP contribution in [0.15, 0.2) is 28.7 Å². The van der Waals surface area contributed by atoms with Crippen LogP contribution in [0.1, 0.15) is 10.6 Å². The molecular formula is C11H7Cl3N2O2. The average Bonchev–Trinajstić information content (AvgIpc) is 2.82. The highest BCUT2D eigenvalue weighted by atomic mass is 35.5. The van der Waals surface area contributed by atoms with Gasteiger partial charge in [0.25, 0.3) is 0 Å². The van der Waals surface area contributed by atoms with E-state index in [0.717, 1.165) is 0 Å². The van der Waals surface area contributed by atoms with Crippen LogP contribution in [0.2, 0.25) is 15.1 Å². The lowest BCUT2D eigenvalue weighted by atomic mass is 10.2. The predicted octanol–water partition coefficient (Wildman–Crippen LogP) is 3.51. The monoisotopic (exact) mass is 304 g/mol. The van der Waals surface area contributed by atoms with E-state index in [4.69, 9.17) is 45.1 Å². The van der Waals surface area contributed by atoms with Crippen LogP contribution in [-0.4, -0.2) is 5.91 Å². The third-order valence-electron chi connectivity index (χ3n) is 2.24. The summed E-state index contributed by atoms with van der Waals surface area (Å²) in [5.74, 6) is 4.95. The second-order valence-corrected chi connectivity index (χ2v) is 4.61. The summed E-state index contributed by atoms with van der Waals surface area (Å²) in [6.45, 7) is 0. The number of rotatable bonds is 2. The number of nitrogens with two attached hydrogens (primary N) is 1. The fourth-order valence-corrected chi connectivity index (χ4v) is 2.03. The molecule has 18 heavy (non-hydrogen) atoms. The molecule has 0 saturated heterocycles. The molecule has 0 saturated carbocycles. The SMILES string of the molecule is NNC(=O)c1ccc(-c2cc(Cl)c(Cl)cc2Cl)o1. The normalized spacial score (nSPS) is 10.4. The first-order valence-electron chi connectivity index (χ1n) is 4.78. The van der Waals surface area contributed by atoms with Crippen molar-refractivity contribution in [2.24, 2.45) is 5.84 Å². The zero-order chi connectivity index (χ0) is 13.3. The molecule has 1 amide bonds. The molecule has 0 unspecified atom stereocenters. The molecule has 0 radical (unpaired) electrons. The summed E-state index contributed by atoms with van der Waals surface area (Å²) in [6, 6.07) is 6.15. The quantitative estimate of drug-likeness (QED) is 0.386. The number of hydrogen-bond donors (Lipinski definition) is 2. The molecule has 94 valence electrons. The number of nitrogens with one attached hydrogen (secondary N) is 1. The predicted molar refractivity (Wildman–Crippen MR) is 70.8 cm³/mol. The van der Waals surface area contributed by atoms with Gasteiger partial charge >= 0.3 is 5.91 Å². The van der Waals surface area contributed by atoms with E-state index < -0.39 is 5.91 Å². The van der Waals surface area contributed by atoms with Gasteiger partial charge in [0, 0.05) is 5.56 Å². The fraction of sp³-hybridized carbons (Fsp3) is 0. The molecule has 0 bridgehead atoms. The zero-order valence-electron chi connectivity index (χ0n) is 8.84. The Kier molecular flexibility index (Phi) is 3.82. The Balaban J connectivity index is 2.46. The molecule has 4 nitrogen and oxygen atoms in total. The highest BCUT2D eigenvalue weighted by molar-refractivity contribution is 6.44. The number of nitrogen functional groups attached to an aromatic ring is 1. The topological polar surface area (TPSA) is 68.3 Å². The molecular weight excluding hydrogens is 298 g/mol. The van der Waals surface area contributed by atoms with Crippen molar-refractivity contribution in [3.63, 3.8) is 0 Å². The summed E-state index contributed by atoms with van der Waals surface area (Å²) < 4.78 is 5.32. The second kappa shape index (κ2) is 5.20. The number of hydrogen-bond acceptors (Lipinski definition) is 3. The van der Waals surface area contributed by atoms with Gasteiger partial charge in [0.2, 0.25) is 0 Å². The minimum absolute atomic E-state index is 0.0784. The van der Waals surface area contributed by atoms with Crippen molar-refractivity contribution in [2.75, 3.05) is 0 Å². The molecule has 2 aromatic rings. The van der Waals surface area contributed by atoms with Gasteiger partial charge in [0.05, 0.1) is 15.1 Å². The van der Waals surface area contributed by atoms with E-state index in [1.165, 1.54) is 12.1 Å². The lowest BCUT2D eigenvalue weighted by Crippen LogP contribution is -2.29. The highest BCUT2D eigenvalue weighted by Gasteiger charge is 2.14. The molecule has 3 N–H and O–H groups in total. The van der Waals surface area contributed by atoms with Crippen LogP contribution in [-0.2, 0) is 0 Å². The molecule has 1 aromatic carbocycles.